The molecule has 0 N–H and O–H groups in total. The van der Waals surface area contributed by atoms with Crippen LogP contribution in [-0.2, 0) is 9.53 Å². The summed E-state index contributed by atoms with van der Waals surface area (Å²) in [5, 5.41) is 0. The summed E-state index contributed by atoms with van der Waals surface area (Å²) in [6.45, 7) is 3.75. The van der Waals surface area contributed by atoms with Crippen molar-refractivity contribution in [1.29, 1.82) is 0 Å². The second-order valence-electron chi connectivity index (χ2n) is 3.12. The van der Waals surface area contributed by atoms with Gasteiger partial charge in [0, 0.05) is 0 Å². The average Bonchev–Trinajstić information content (AvgIpc) is 2.22. The van der Waals surface area contributed by atoms with Gasteiger partial charge in [0.25, 0.3) is 0 Å². The molecule has 0 atom stereocenters. The first-order valence-electron chi connectivity index (χ1n) is 4.74. The molecule has 0 fully saturated rings. The summed E-state index contributed by atoms with van der Waals surface area (Å²) >= 11 is 0. The lowest BCUT2D eigenvalue weighted by Gasteiger charge is -1.99. The van der Waals surface area contributed by atoms with Gasteiger partial charge in [-0.3, -0.25) is 0 Å². The Morgan fingerprint density at radius 1 is 1.40 bits per heavy atom. The second kappa shape index (κ2) is 5.29. The van der Waals surface area contributed by atoms with Gasteiger partial charge >= 0.3 is 5.97 Å². The third kappa shape index (κ3) is 3.54. The molecule has 0 saturated heterocycles. The number of halogens is 1. The highest BCUT2D eigenvalue weighted by Crippen LogP contribution is 2.10. The van der Waals surface area contributed by atoms with Crippen molar-refractivity contribution in [3.05, 3.63) is 41.2 Å². The molecule has 2 nitrogen and oxygen atoms in total. The van der Waals surface area contributed by atoms with Crippen molar-refractivity contribution in [2.75, 3.05) is 6.61 Å². The van der Waals surface area contributed by atoms with Gasteiger partial charge in [-0.05, 0) is 25.5 Å². The predicted octanol–water partition coefficient (Wildman–Crippen LogP) is 2.87. The van der Waals surface area contributed by atoms with Crippen molar-refractivity contribution < 1.29 is 13.9 Å². The number of esters is 1. The van der Waals surface area contributed by atoms with E-state index in [1.807, 2.05) is 19.1 Å². The second-order valence-corrected chi connectivity index (χ2v) is 3.12. The summed E-state index contributed by atoms with van der Waals surface area (Å²) in [5.74, 6) is -1.79. The van der Waals surface area contributed by atoms with Crippen molar-refractivity contribution in [2.24, 2.45) is 0 Å². The molecule has 80 valence electrons. The first-order valence-corrected chi connectivity index (χ1v) is 4.74. The Hall–Kier alpha value is -1.64. The molecular formula is C12H13FO2. The molecule has 0 heterocycles. The van der Waals surface area contributed by atoms with E-state index < -0.39 is 11.8 Å². The number of aryl methyl sites for hydroxylation is 1. The van der Waals surface area contributed by atoms with E-state index in [4.69, 9.17) is 0 Å². The number of hydrogen-bond acceptors (Lipinski definition) is 2. The average molecular weight is 208 g/mol. The summed E-state index contributed by atoms with van der Waals surface area (Å²) in [4.78, 5) is 10.9. The Balaban J connectivity index is 2.78. The molecule has 0 amide bonds. The van der Waals surface area contributed by atoms with E-state index in [1.165, 1.54) is 0 Å². The molecule has 1 aromatic rings. The number of carbonyl (C=O) groups is 1. The monoisotopic (exact) mass is 208 g/mol. The van der Waals surface area contributed by atoms with Crippen LogP contribution >= 0.6 is 0 Å². The lowest BCUT2D eigenvalue weighted by Crippen LogP contribution is -2.03. The van der Waals surface area contributed by atoms with Crippen LogP contribution in [0.25, 0.3) is 6.08 Å². The van der Waals surface area contributed by atoms with E-state index in [2.05, 4.69) is 4.74 Å². The summed E-state index contributed by atoms with van der Waals surface area (Å²) in [5.41, 5.74) is 1.73. The van der Waals surface area contributed by atoms with Crippen LogP contribution in [0.15, 0.2) is 30.1 Å². The summed E-state index contributed by atoms with van der Waals surface area (Å²) < 4.78 is 17.7. The van der Waals surface area contributed by atoms with E-state index in [9.17, 15) is 9.18 Å². The standard InChI is InChI=1S/C12H13FO2/c1-3-15-12(14)11(13)8-10-6-4-9(2)5-7-10/h4-8H,3H2,1-2H3/b11-8+. The highest BCUT2D eigenvalue weighted by atomic mass is 19.1. The molecule has 1 aromatic carbocycles. The molecule has 15 heavy (non-hydrogen) atoms. The van der Waals surface area contributed by atoms with Crippen LogP contribution in [0, 0.1) is 6.92 Å². The molecule has 1 rings (SSSR count). The zero-order valence-electron chi connectivity index (χ0n) is 8.79. The number of ether oxygens (including phenoxy) is 1. The Labute approximate surface area is 88.4 Å². The minimum Gasteiger partial charge on any atom is -0.461 e. The minimum absolute atomic E-state index is 0.175. The molecule has 0 aliphatic rings. The van der Waals surface area contributed by atoms with Gasteiger partial charge in [-0.1, -0.05) is 29.8 Å². The molecule has 0 unspecified atom stereocenters. The highest BCUT2D eigenvalue weighted by Gasteiger charge is 2.08. The Bertz CT molecular complexity index is 366. The number of benzene rings is 1. The molecule has 0 bridgehead atoms. The number of carbonyl (C=O) groups excluding carboxylic acids is 1. The summed E-state index contributed by atoms with van der Waals surface area (Å²) in [7, 11) is 0. The zero-order chi connectivity index (χ0) is 11.3. The Morgan fingerprint density at radius 3 is 2.53 bits per heavy atom. The molecule has 0 saturated carbocycles. The molecule has 3 heteroatoms. The zero-order valence-corrected chi connectivity index (χ0v) is 8.79. The van der Waals surface area contributed by atoms with Crippen molar-refractivity contribution in [2.45, 2.75) is 13.8 Å². The van der Waals surface area contributed by atoms with Gasteiger partial charge in [0.2, 0.25) is 5.83 Å². The SMILES string of the molecule is CCOC(=O)/C(F)=C\c1ccc(C)cc1. The van der Waals surface area contributed by atoms with Crippen LogP contribution in [-0.4, -0.2) is 12.6 Å². The third-order valence-corrected chi connectivity index (χ3v) is 1.84. The van der Waals surface area contributed by atoms with Gasteiger partial charge in [-0.2, -0.15) is 4.39 Å². The van der Waals surface area contributed by atoms with Gasteiger partial charge in [-0.25, -0.2) is 4.79 Å². The topological polar surface area (TPSA) is 26.3 Å². The summed E-state index contributed by atoms with van der Waals surface area (Å²) in [6, 6.07) is 7.19. The smallest absolute Gasteiger partial charge is 0.367 e. The first-order chi connectivity index (χ1) is 7.13. The fourth-order valence-corrected chi connectivity index (χ4v) is 1.07. The van der Waals surface area contributed by atoms with Crippen LogP contribution in [0.1, 0.15) is 18.1 Å². The van der Waals surface area contributed by atoms with Crippen LogP contribution < -0.4 is 0 Å². The van der Waals surface area contributed by atoms with Crippen molar-refractivity contribution in [1.82, 2.24) is 0 Å². The minimum atomic E-state index is -0.918. The first kappa shape index (κ1) is 11.4. The maximum absolute atomic E-state index is 13.2. The number of hydrogen-bond donors (Lipinski definition) is 0. The van der Waals surface area contributed by atoms with Gasteiger partial charge in [0.1, 0.15) is 0 Å². The van der Waals surface area contributed by atoms with E-state index in [1.54, 1.807) is 19.1 Å². The Morgan fingerprint density at radius 2 is 2.00 bits per heavy atom. The van der Waals surface area contributed by atoms with E-state index >= 15 is 0 Å². The molecule has 0 aromatic heterocycles. The van der Waals surface area contributed by atoms with Crippen molar-refractivity contribution >= 4 is 12.0 Å². The lowest BCUT2D eigenvalue weighted by atomic mass is 10.1. The number of rotatable bonds is 3. The molecule has 0 radical (unpaired) electrons. The van der Waals surface area contributed by atoms with Gasteiger partial charge < -0.3 is 4.74 Å². The molecule has 0 spiro atoms. The van der Waals surface area contributed by atoms with Gasteiger partial charge in [-0.15, -0.1) is 0 Å². The van der Waals surface area contributed by atoms with Crippen LogP contribution in [0.5, 0.6) is 0 Å². The van der Waals surface area contributed by atoms with E-state index in [0.29, 0.717) is 5.56 Å². The third-order valence-electron chi connectivity index (χ3n) is 1.84. The van der Waals surface area contributed by atoms with Gasteiger partial charge in [0.05, 0.1) is 6.61 Å². The van der Waals surface area contributed by atoms with Crippen LogP contribution in [0.2, 0.25) is 0 Å². The van der Waals surface area contributed by atoms with Crippen molar-refractivity contribution in [3.63, 3.8) is 0 Å². The van der Waals surface area contributed by atoms with Gasteiger partial charge in [0.15, 0.2) is 0 Å². The van der Waals surface area contributed by atoms with Crippen LogP contribution in [0.4, 0.5) is 4.39 Å². The maximum atomic E-state index is 13.2. The van der Waals surface area contributed by atoms with Crippen LogP contribution in [0.3, 0.4) is 0 Å². The molecular weight excluding hydrogens is 195 g/mol. The fourth-order valence-electron chi connectivity index (χ4n) is 1.07. The lowest BCUT2D eigenvalue weighted by molar-refractivity contribution is -0.140. The fraction of sp³-hybridized carbons (Fsp3) is 0.250. The normalized spacial score (nSPS) is 11.3. The summed E-state index contributed by atoms with van der Waals surface area (Å²) in [6.07, 6.45) is 1.16. The molecule has 0 aliphatic heterocycles. The Kier molecular flexibility index (Phi) is 4.03. The van der Waals surface area contributed by atoms with E-state index in [0.717, 1.165) is 11.6 Å². The largest absolute Gasteiger partial charge is 0.461 e. The maximum Gasteiger partial charge on any atom is 0.367 e. The molecule has 0 aliphatic carbocycles. The predicted molar refractivity (Wildman–Crippen MR) is 56.9 cm³/mol. The highest BCUT2D eigenvalue weighted by molar-refractivity contribution is 5.91. The quantitative estimate of drug-likeness (QED) is 0.564. The van der Waals surface area contributed by atoms with Crippen molar-refractivity contribution in [3.8, 4) is 0 Å². The van der Waals surface area contributed by atoms with E-state index in [-0.39, 0.29) is 6.61 Å².